The van der Waals surface area contributed by atoms with Crippen LogP contribution in [0, 0.1) is 0 Å². The molecule has 0 saturated carbocycles. The fourth-order valence-corrected chi connectivity index (χ4v) is 1.94. The smallest absolute Gasteiger partial charge is 0.337 e. The number of pyridine rings is 1. The largest absolute Gasteiger partial charge is 0.478 e. The first kappa shape index (κ1) is 8.91. The second-order valence-electron chi connectivity index (χ2n) is 3.58. The molecule has 3 rings (SSSR count). The highest BCUT2D eigenvalue weighted by molar-refractivity contribution is 6.13. The molecular weight excluding hydrogens is 204 g/mol. The van der Waals surface area contributed by atoms with Crippen molar-refractivity contribution in [3.05, 3.63) is 42.2 Å². The lowest BCUT2D eigenvalue weighted by molar-refractivity contribution is 0.0699. The monoisotopic (exact) mass is 212 g/mol. The van der Waals surface area contributed by atoms with Crippen molar-refractivity contribution in [1.29, 1.82) is 0 Å². The fraction of sp³-hybridized carbons (Fsp3) is 0. The lowest BCUT2D eigenvalue weighted by atomic mass is 10.1. The van der Waals surface area contributed by atoms with E-state index in [9.17, 15) is 4.79 Å². The minimum absolute atomic E-state index is 0.286. The molecule has 2 aromatic heterocycles. The molecular formula is C12H8N2O2. The van der Waals surface area contributed by atoms with E-state index in [-0.39, 0.29) is 5.56 Å². The van der Waals surface area contributed by atoms with E-state index < -0.39 is 5.97 Å². The van der Waals surface area contributed by atoms with Crippen LogP contribution in [-0.2, 0) is 0 Å². The average Bonchev–Trinajstić information content (AvgIpc) is 2.67. The Labute approximate surface area is 90.5 Å². The highest BCUT2D eigenvalue weighted by Crippen LogP contribution is 2.26. The quantitative estimate of drug-likeness (QED) is 0.651. The summed E-state index contributed by atoms with van der Waals surface area (Å²) in [7, 11) is 0. The van der Waals surface area contributed by atoms with Gasteiger partial charge in [-0.05, 0) is 12.1 Å². The number of hydrogen-bond donors (Lipinski definition) is 2. The van der Waals surface area contributed by atoms with E-state index in [1.54, 1.807) is 24.5 Å². The van der Waals surface area contributed by atoms with Gasteiger partial charge in [0.15, 0.2) is 0 Å². The first-order valence-electron chi connectivity index (χ1n) is 4.85. The molecule has 78 valence electrons. The van der Waals surface area contributed by atoms with Gasteiger partial charge in [0, 0.05) is 28.7 Å². The van der Waals surface area contributed by atoms with Gasteiger partial charge in [-0.1, -0.05) is 12.1 Å². The minimum Gasteiger partial charge on any atom is -0.478 e. The summed E-state index contributed by atoms with van der Waals surface area (Å²) in [5, 5.41) is 10.9. The molecule has 4 heteroatoms. The highest BCUT2D eigenvalue weighted by atomic mass is 16.4. The average molecular weight is 212 g/mol. The number of nitrogens with one attached hydrogen (secondary N) is 1. The van der Waals surface area contributed by atoms with E-state index in [0.29, 0.717) is 5.52 Å². The predicted molar refractivity (Wildman–Crippen MR) is 60.6 cm³/mol. The molecule has 3 aromatic rings. The summed E-state index contributed by atoms with van der Waals surface area (Å²) in [5.74, 6) is -0.926. The zero-order valence-corrected chi connectivity index (χ0v) is 8.27. The molecule has 2 N–H and O–H groups in total. The molecule has 1 aromatic carbocycles. The molecule has 0 aliphatic carbocycles. The molecule has 0 radical (unpaired) electrons. The number of aromatic amines is 1. The SMILES string of the molecule is O=C(O)c1cccc2c1[nH]c1ccncc12. The highest BCUT2D eigenvalue weighted by Gasteiger charge is 2.11. The van der Waals surface area contributed by atoms with Crippen molar-refractivity contribution >= 4 is 27.8 Å². The van der Waals surface area contributed by atoms with Crippen LogP contribution in [0.2, 0.25) is 0 Å². The number of nitrogens with zero attached hydrogens (tertiary/aromatic N) is 1. The van der Waals surface area contributed by atoms with Gasteiger partial charge in [-0.25, -0.2) is 4.79 Å². The Kier molecular flexibility index (Phi) is 1.71. The first-order chi connectivity index (χ1) is 7.77. The number of para-hydroxylation sites is 1. The van der Waals surface area contributed by atoms with E-state index in [2.05, 4.69) is 9.97 Å². The summed E-state index contributed by atoms with van der Waals surface area (Å²) in [4.78, 5) is 18.2. The minimum atomic E-state index is -0.926. The summed E-state index contributed by atoms with van der Waals surface area (Å²) in [6, 6.07) is 7.06. The standard InChI is InChI=1S/C12H8N2O2/c15-12(16)8-3-1-2-7-9-6-13-5-4-10(9)14-11(7)8/h1-6,14H,(H,15,16). The van der Waals surface area contributed by atoms with Gasteiger partial charge in [0.05, 0.1) is 11.1 Å². The molecule has 0 aliphatic heterocycles. The van der Waals surface area contributed by atoms with Crippen molar-refractivity contribution in [3.8, 4) is 0 Å². The van der Waals surface area contributed by atoms with Gasteiger partial charge in [0.25, 0.3) is 0 Å². The zero-order chi connectivity index (χ0) is 11.1. The summed E-state index contributed by atoms with van der Waals surface area (Å²) in [5.41, 5.74) is 1.84. The Balaban J connectivity index is 2.54. The number of carboxylic acids is 1. The van der Waals surface area contributed by atoms with Crippen LogP contribution in [0.3, 0.4) is 0 Å². The maximum atomic E-state index is 11.1. The van der Waals surface area contributed by atoms with Crippen LogP contribution in [0.25, 0.3) is 21.8 Å². The number of hydrogen-bond acceptors (Lipinski definition) is 2. The number of aromatic nitrogens is 2. The Bertz CT molecular complexity index is 700. The van der Waals surface area contributed by atoms with Gasteiger partial charge in [0.1, 0.15) is 0 Å². The Morgan fingerprint density at radius 3 is 2.94 bits per heavy atom. The Morgan fingerprint density at radius 2 is 2.12 bits per heavy atom. The molecule has 0 spiro atoms. The van der Waals surface area contributed by atoms with Crippen LogP contribution in [0.5, 0.6) is 0 Å². The summed E-state index contributed by atoms with van der Waals surface area (Å²) >= 11 is 0. The van der Waals surface area contributed by atoms with Crippen LogP contribution in [-0.4, -0.2) is 21.0 Å². The van der Waals surface area contributed by atoms with Gasteiger partial charge in [-0.3, -0.25) is 4.98 Å². The second-order valence-corrected chi connectivity index (χ2v) is 3.58. The Morgan fingerprint density at radius 1 is 1.25 bits per heavy atom. The van der Waals surface area contributed by atoms with Crippen molar-refractivity contribution in [2.45, 2.75) is 0 Å². The van der Waals surface area contributed by atoms with E-state index in [1.807, 2.05) is 12.1 Å². The predicted octanol–water partition coefficient (Wildman–Crippen LogP) is 2.41. The number of rotatable bonds is 1. The van der Waals surface area contributed by atoms with Gasteiger partial charge in [-0.15, -0.1) is 0 Å². The van der Waals surface area contributed by atoms with E-state index in [4.69, 9.17) is 5.11 Å². The molecule has 0 saturated heterocycles. The number of aromatic carboxylic acids is 1. The van der Waals surface area contributed by atoms with Crippen LogP contribution in [0.15, 0.2) is 36.7 Å². The maximum absolute atomic E-state index is 11.1. The number of H-pyrrole nitrogens is 1. The molecule has 0 bridgehead atoms. The number of carboxylic acid groups (broad SMARTS) is 1. The summed E-state index contributed by atoms with van der Waals surface area (Å²) in [6.45, 7) is 0. The third kappa shape index (κ3) is 1.10. The molecule has 16 heavy (non-hydrogen) atoms. The molecule has 0 aliphatic rings. The molecule has 0 amide bonds. The summed E-state index contributed by atoms with van der Waals surface area (Å²) in [6.07, 6.45) is 3.41. The van der Waals surface area contributed by atoms with Crippen LogP contribution < -0.4 is 0 Å². The zero-order valence-electron chi connectivity index (χ0n) is 8.27. The topological polar surface area (TPSA) is 66.0 Å². The molecule has 0 fully saturated rings. The molecule has 0 unspecified atom stereocenters. The normalized spacial score (nSPS) is 11.0. The van der Waals surface area contributed by atoms with E-state index >= 15 is 0 Å². The number of benzene rings is 1. The van der Waals surface area contributed by atoms with Crippen LogP contribution >= 0.6 is 0 Å². The number of carbonyl (C=O) groups is 1. The van der Waals surface area contributed by atoms with Crippen LogP contribution in [0.1, 0.15) is 10.4 Å². The third-order valence-corrected chi connectivity index (χ3v) is 2.67. The molecule has 4 nitrogen and oxygen atoms in total. The molecule has 2 heterocycles. The fourth-order valence-electron chi connectivity index (χ4n) is 1.94. The number of fused-ring (bicyclic) bond motifs is 3. The summed E-state index contributed by atoms with van der Waals surface area (Å²) < 4.78 is 0. The molecule has 0 atom stereocenters. The maximum Gasteiger partial charge on any atom is 0.337 e. The van der Waals surface area contributed by atoms with Crippen molar-refractivity contribution in [1.82, 2.24) is 9.97 Å². The lowest BCUT2D eigenvalue weighted by Gasteiger charge is -1.95. The van der Waals surface area contributed by atoms with Gasteiger partial charge in [0.2, 0.25) is 0 Å². The third-order valence-electron chi connectivity index (χ3n) is 2.67. The van der Waals surface area contributed by atoms with E-state index in [1.165, 1.54) is 0 Å². The van der Waals surface area contributed by atoms with Crippen molar-refractivity contribution in [2.75, 3.05) is 0 Å². The van der Waals surface area contributed by atoms with Crippen LogP contribution in [0.4, 0.5) is 0 Å². The first-order valence-corrected chi connectivity index (χ1v) is 4.85. The lowest BCUT2D eigenvalue weighted by Crippen LogP contribution is -1.96. The van der Waals surface area contributed by atoms with Gasteiger partial charge in [-0.2, -0.15) is 0 Å². The van der Waals surface area contributed by atoms with Gasteiger partial charge >= 0.3 is 5.97 Å². The van der Waals surface area contributed by atoms with Crippen molar-refractivity contribution in [2.24, 2.45) is 0 Å². The Hall–Kier alpha value is -2.36. The van der Waals surface area contributed by atoms with E-state index in [0.717, 1.165) is 16.3 Å². The van der Waals surface area contributed by atoms with Crippen molar-refractivity contribution < 1.29 is 9.90 Å². The second kappa shape index (κ2) is 3.06. The van der Waals surface area contributed by atoms with Gasteiger partial charge < -0.3 is 10.1 Å². The van der Waals surface area contributed by atoms with Crippen molar-refractivity contribution in [3.63, 3.8) is 0 Å².